The summed E-state index contributed by atoms with van der Waals surface area (Å²) in [4.78, 5) is 0. The van der Waals surface area contributed by atoms with Gasteiger partial charge in [-0.3, -0.25) is 4.68 Å². The fourth-order valence-electron chi connectivity index (χ4n) is 1.54. The zero-order valence-electron chi connectivity index (χ0n) is 7.82. The van der Waals surface area contributed by atoms with Gasteiger partial charge < -0.3 is 5.32 Å². The van der Waals surface area contributed by atoms with Gasteiger partial charge in [0.2, 0.25) is 0 Å². The minimum Gasteiger partial charge on any atom is -0.313 e. The van der Waals surface area contributed by atoms with E-state index in [4.69, 9.17) is 0 Å². The molecule has 0 amide bonds. The van der Waals surface area contributed by atoms with E-state index in [2.05, 4.69) is 21.7 Å². The summed E-state index contributed by atoms with van der Waals surface area (Å²) in [5.74, 6) is 0. The molecule has 1 aliphatic rings. The van der Waals surface area contributed by atoms with Crippen molar-refractivity contribution in [1.29, 1.82) is 0 Å². The lowest BCUT2D eigenvalue weighted by atomic mass is 10.1. The second-order valence-electron chi connectivity index (χ2n) is 3.40. The molecule has 1 saturated heterocycles. The first kappa shape index (κ1) is 8.44. The van der Waals surface area contributed by atoms with Crippen LogP contribution >= 0.6 is 0 Å². The molecule has 4 heteroatoms. The Morgan fingerprint density at radius 1 is 1.62 bits per heavy atom. The molecule has 0 aliphatic carbocycles. The van der Waals surface area contributed by atoms with Gasteiger partial charge in [0.15, 0.2) is 0 Å². The molecule has 2 rings (SSSR count). The second kappa shape index (κ2) is 3.70. The van der Waals surface area contributed by atoms with Gasteiger partial charge in [-0.25, -0.2) is 0 Å². The van der Waals surface area contributed by atoms with Crippen LogP contribution in [0.4, 0.5) is 0 Å². The molecule has 0 radical (unpaired) electrons. The lowest BCUT2D eigenvalue weighted by Gasteiger charge is -2.14. The van der Waals surface area contributed by atoms with Crippen molar-refractivity contribution in [2.24, 2.45) is 7.05 Å². The number of hydrogen-bond acceptors (Lipinski definition) is 3. The predicted molar refractivity (Wildman–Crippen MR) is 51.1 cm³/mol. The predicted octanol–water partition coefficient (Wildman–Crippen LogP) is 0.582. The Kier molecular flexibility index (Phi) is 2.40. The monoisotopic (exact) mass is 178 g/mol. The van der Waals surface area contributed by atoms with Gasteiger partial charge in [0.25, 0.3) is 0 Å². The molecule has 70 valence electrons. The molecular weight excluding hydrogens is 164 g/mol. The summed E-state index contributed by atoms with van der Waals surface area (Å²) in [5.41, 5.74) is 2.38. The highest BCUT2D eigenvalue weighted by Gasteiger charge is 2.04. The lowest BCUT2D eigenvalue weighted by Crippen LogP contribution is -2.23. The van der Waals surface area contributed by atoms with E-state index in [1.54, 1.807) is 4.68 Å². The van der Waals surface area contributed by atoms with Gasteiger partial charge in [-0.05, 0) is 25.5 Å². The van der Waals surface area contributed by atoms with Crippen LogP contribution in [0.25, 0.3) is 6.08 Å². The molecule has 0 spiro atoms. The summed E-state index contributed by atoms with van der Waals surface area (Å²) in [7, 11) is 1.88. The van der Waals surface area contributed by atoms with Gasteiger partial charge in [-0.2, -0.15) is 0 Å². The quantitative estimate of drug-likeness (QED) is 0.684. The summed E-state index contributed by atoms with van der Waals surface area (Å²) in [6.07, 6.45) is 6.47. The van der Waals surface area contributed by atoms with Crippen LogP contribution in [0.1, 0.15) is 18.5 Å². The highest BCUT2D eigenvalue weighted by atomic mass is 15.4. The van der Waals surface area contributed by atoms with Crippen LogP contribution in [0.3, 0.4) is 0 Å². The molecule has 1 fully saturated rings. The van der Waals surface area contributed by atoms with E-state index in [-0.39, 0.29) is 0 Å². The van der Waals surface area contributed by atoms with Crippen LogP contribution in [0.2, 0.25) is 0 Å². The van der Waals surface area contributed by atoms with Crippen LogP contribution < -0.4 is 5.32 Å². The first-order chi connectivity index (χ1) is 6.34. The molecule has 2 heterocycles. The Bertz CT molecular complexity index is 305. The third kappa shape index (κ3) is 2.15. The fraction of sp³-hybridized carbons (Fsp3) is 0.556. The summed E-state index contributed by atoms with van der Waals surface area (Å²) >= 11 is 0. The summed E-state index contributed by atoms with van der Waals surface area (Å²) in [6, 6.07) is 0. The maximum atomic E-state index is 4.02. The minimum absolute atomic E-state index is 0.959. The van der Waals surface area contributed by atoms with E-state index in [1.165, 1.54) is 18.4 Å². The number of rotatable bonds is 1. The maximum absolute atomic E-state index is 4.02. The Labute approximate surface area is 77.6 Å². The van der Waals surface area contributed by atoms with Crippen molar-refractivity contribution in [3.63, 3.8) is 0 Å². The highest BCUT2D eigenvalue weighted by molar-refractivity contribution is 5.48. The third-order valence-corrected chi connectivity index (χ3v) is 2.18. The van der Waals surface area contributed by atoms with Gasteiger partial charge in [-0.15, -0.1) is 5.10 Å². The second-order valence-corrected chi connectivity index (χ2v) is 3.40. The zero-order valence-corrected chi connectivity index (χ0v) is 7.82. The Morgan fingerprint density at radius 3 is 3.15 bits per heavy atom. The molecule has 0 unspecified atom stereocenters. The van der Waals surface area contributed by atoms with Gasteiger partial charge in [-0.1, -0.05) is 10.8 Å². The SMILES string of the molecule is Cn1cc(/C=C2/CCCNC2)nn1. The molecule has 0 saturated carbocycles. The summed E-state index contributed by atoms with van der Waals surface area (Å²) in [6.45, 7) is 2.13. The lowest BCUT2D eigenvalue weighted by molar-refractivity contribution is 0.613. The van der Waals surface area contributed by atoms with Crippen molar-refractivity contribution in [3.05, 3.63) is 17.5 Å². The molecule has 1 aliphatic heterocycles. The zero-order chi connectivity index (χ0) is 9.10. The van der Waals surface area contributed by atoms with Gasteiger partial charge in [0.05, 0.1) is 6.20 Å². The van der Waals surface area contributed by atoms with Gasteiger partial charge >= 0.3 is 0 Å². The largest absolute Gasteiger partial charge is 0.313 e. The first-order valence-electron chi connectivity index (χ1n) is 4.61. The van der Waals surface area contributed by atoms with Crippen molar-refractivity contribution in [1.82, 2.24) is 20.3 Å². The van der Waals surface area contributed by atoms with Crippen molar-refractivity contribution < 1.29 is 0 Å². The van der Waals surface area contributed by atoms with E-state index in [0.29, 0.717) is 0 Å². The number of nitrogens with zero attached hydrogens (tertiary/aromatic N) is 3. The molecular formula is C9H14N4. The number of piperidine rings is 1. The molecule has 1 aromatic rings. The van der Waals surface area contributed by atoms with Crippen molar-refractivity contribution in [2.45, 2.75) is 12.8 Å². The van der Waals surface area contributed by atoms with Gasteiger partial charge in [0.1, 0.15) is 5.69 Å². The standard InChI is InChI=1S/C9H14N4/c1-13-7-9(11-12-13)5-8-3-2-4-10-6-8/h5,7,10H,2-4,6H2,1H3/b8-5-. The number of nitrogens with one attached hydrogen (secondary N) is 1. The number of aromatic nitrogens is 3. The number of hydrogen-bond donors (Lipinski definition) is 1. The van der Waals surface area contributed by atoms with Crippen LogP contribution in [0.15, 0.2) is 11.8 Å². The molecule has 4 nitrogen and oxygen atoms in total. The van der Waals surface area contributed by atoms with Crippen molar-refractivity contribution >= 4 is 6.08 Å². The van der Waals surface area contributed by atoms with Crippen LogP contribution in [-0.2, 0) is 7.05 Å². The Morgan fingerprint density at radius 2 is 2.54 bits per heavy atom. The molecule has 0 bridgehead atoms. The van der Waals surface area contributed by atoms with Crippen LogP contribution in [0, 0.1) is 0 Å². The highest BCUT2D eigenvalue weighted by Crippen LogP contribution is 2.11. The third-order valence-electron chi connectivity index (χ3n) is 2.18. The summed E-state index contributed by atoms with van der Waals surface area (Å²) < 4.78 is 1.72. The Balaban J connectivity index is 2.09. The molecule has 13 heavy (non-hydrogen) atoms. The maximum Gasteiger partial charge on any atom is 0.105 e. The first-order valence-corrected chi connectivity index (χ1v) is 4.61. The molecule has 1 N–H and O–H groups in total. The van der Waals surface area contributed by atoms with E-state index in [0.717, 1.165) is 18.8 Å². The summed E-state index contributed by atoms with van der Waals surface area (Å²) in [5, 5.41) is 11.2. The van der Waals surface area contributed by atoms with Crippen LogP contribution in [-0.4, -0.2) is 28.1 Å². The average Bonchev–Trinajstić information content (AvgIpc) is 2.53. The van der Waals surface area contributed by atoms with E-state index >= 15 is 0 Å². The van der Waals surface area contributed by atoms with Crippen molar-refractivity contribution in [3.8, 4) is 0 Å². The van der Waals surface area contributed by atoms with E-state index in [1.807, 2.05) is 13.2 Å². The smallest absolute Gasteiger partial charge is 0.105 e. The van der Waals surface area contributed by atoms with Crippen molar-refractivity contribution in [2.75, 3.05) is 13.1 Å². The normalized spacial score (nSPS) is 20.8. The minimum atomic E-state index is 0.959. The van der Waals surface area contributed by atoms with E-state index < -0.39 is 0 Å². The number of aryl methyl sites for hydroxylation is 1. The molecule has 0 atom stereocenters. The Hall–Kier alpha value is -1.16. The molecule has 1 aromatic heterocycles. The van der Waals surface area contributed by atoms with Crippen LogP contribution in [0.5, 0.6) is 0 Å². The average molecular weight is 178 g/mol. The van der Waals surface area contributed by atoms with Gasteiger partial charge in [0, 0.05) is 13.6 Å². The fourth-order valence-corrected chi connectivity index (χ4v) is 1.54. The molecule has 0 aromatic carbocycles. The topological polar surface area (TPSA) is 42.7 Å². The van der Waals surface area contributed by atoms with E-state index in [9.17, 15) is 0 Å².